The van der Waals surface area contributed by atoms with Gasteiger partial charge in [-0.2, -0.15) is 0 Å². The van der Waals surface area contributed by atoms with E-state index >= 15 is 0 Å². The largest absolute Gasteiger partial charge is 0.507 e. The zero-order chi connectivity index (χ0) is 31.6. The molecule has 0 aromatic heterocycles. The van der Waals surface area contributed by atoms with E-state index in [4.69, 9.17) is 4.74 Å². The Kier molecular flexibility index (Phi) is 9.13. The summed E-state index contributed by atoms with van der Waals surface area (Å²) in [6, 6.07) is 7.59. The Balaban J connectivity index is 2.23. The summed E-state index contributed by atoms with van der Waals surface area (Å²) in [7, 11) is 2.86. The first-order valence-electron chi connectivity index (χ1n) is 13.2. The number of hydrogen-bond acceptors (Lipinski definition) is 9. The Hall–Kier alpha value is -4.29. The highest BCUT2D eigenvalue weighted by molar-refractivity contribution is 5.94. The van der Waals surface area contributed by atoms with Crippen molar-refractivity contribution in [2.24, 2.45) is 5.11 Å². The molecule has 1 aliphatic rings. The second kappa shape index (κ2) is 11.9. The fourth-order valence-electron chi connectivity index (χ4n) is 5.58. The minimum Gasteiger partial charge on any atom is -0.507 e. The lowest BCUT2D eigenvalue weighted by Crippen LogP contribution is -2.75. The van der Waals surface area contributed by atoms with Crippen molar-refractivity contribution in [1.82, 2.24) is 10.2 Å². The number of urea groups is 1. The average molecular weight is 583 g/mol. The van der Waals surface area contributed by atoms with Gasteiger partial charge in [-0.3, -0.25) is 0 Å². The number of carbonyl (C=O) groups is 2. The number of allylic oxidation sites excluding steroid dienone is 1. The van der Waals surface area contributed by atoms with Gasteiger partial charge in [0.25, 0.3) is 0 Å². The minimum absolute atomic E-state index is 0.147. The van der Waals surface area contributed by atoms with Crippen molar-refractivity contribution in [1.29, 1.82) is 0 Å². The highest BCUT2D eigenvalue weighted by Crippen LogP contribution is 2.51. The van der Waals surface area contributed by atoms with E-state index in [1.54, 1.807) is 44.2 Å². The minimum atomic E-state index is -2.50. The van der Waals surface area contributed by atoms with E-state index < -0.39 is 53.5 Å². The van der Waals surface area contributed by atoms with Gasteiger partial charge >= 0.3 is 12.0 Å². The number of aliphatic hydroxyl groups excluding tert-OH is 1. The number of rotatable bonds is 9. The molecule has 42 heavy (non-hydrogen) atoms. The molecule has 13 heteroatoms. The summed E-state index contributed by atoms with van der Waals surface area (Å²) in [5, 5.41) is 55.5. The van der Waals surface area contributed by atoms with Crippen LogP contribution in [-0.4, -0.2) is 93.0 Å². The number of aromatic hydroxyl groups is 1. The zero-order valence-electron chi connectivity index (χ0n) is 24.5. The fourth-order valence-corrected chi connectivity index (χ4v) is 5.58. The van der Waals surface area contributed by atoms with Crippen molar-refractivity contribution in [3.8, 4) is 5.75 Å². The summed E-state index contributed by atoms with van der Waals surface area (Å²) < 4.78 is 5.49. The van der Waals surface area contributed by atoms with Crippen LogP contribution in [-0.2, 0) is 4.74 Å². The lowest BCUT2D eigenvalue weighted by molar-refractivity contribution is -0.185. The number of hydrogen-bond donors (Lipinski definition) is 6. The molecule has 0 unspecified atom stereocenters. The molecule has 1 fully saturated rings. The predicted octanol–water partition coefficient (Wildman–Crippen LogP) is 2.94. The maximum atomic E-state index is 13.1. The van der Waals surface area contributed by atoms with Crippen LogP contribution < -0.4 is 10.6 Å². The Morgan fingerprint density at radius 3 is 2.43 bits per heavy atom. The summed E-state index contributed by atoms with van der Waals surface area (Å²) in [5.41, 5.74) is 4.54. The van der Waals surface area contributed by atoms with Gasteiger partial charge in [-0.1, -0.05) is 41.5 Å². The molecular weight excluding hydrogens is 544 g/mol. The number of carbonyl (C=O) groups excluding carboxylic acids is 2. The van der Waals surface area contributed by atoms with Gasteiger partial charge in [0, 0.05) is 24.7 Å². The quantitative estimate of drug-likeness (QED) is 0.112. The average Bonchev–Trinajstić information content (AvgIpc) is 3.04. The predicted molar refractivity (Wildman–Crippen MR) is 157 cm³/mol. The number of aryl methyl sites for hydroxylation is 1. The molecule has 1 saturated carbocycles. The number of amides is 2. The third-order valence-electron chi connectivity index (χ3n) is 8.06. The first-order valence-corrected chi connectivity index (χ1v) is 13.2. The number of nitrogens with zero attached hydrogens (tertiary/aromatic N) is 4. The molecule has 13 nitrogen and oxygen atoms in total. The van der Waals surface area contributed by atoms with Gasteiger partial charge in [-0.15, -0.1) is 0 Å². The van der Waals surface area contributed by atoms with Crippen molar-refractivity contribution in [2.75, 3.05) is 26.0 Å². The molecule has 6 N–H and O–H groups in total. The van der Waals surface area contributed by atoms with E-state index in [0.29, 0.717) is 11.3 Å². The van der Waals surface area contributed by atoms with E-state index in [1.807, 2.05) is 6.07 Å². The number of anilines is 1. The third-order valence-corrected chi connectivity index (χ3v) is 8.06. The van der Waals surface area contributed by atoms with Crippen LogP contribution in [0.5, 0.6) is 5.75 Å². The van der Waals surface area contributed by atoms with E-state index in [1.165, 1.54) is 27.1 Å². The van der Waals surface area contributed by atoms with Gasteiger partial charge < -0.3 is 40.7 Å². The maximum Gasteiger partial charge on any atom is 0.342 e. The molecule has 0 spiro atoms. The van der Waals surface area contributed by atoms with Crippen LogP contribution in [0.2, 0.25) is 0 Å². The monoisotopic (exact) mass is 582 g/mol. The Morgan fingerprint density at radius 2 is 1.88 bits per heavy atom. The highest BCUT2D eigenvalue weighted by Gasteiger charge is 2.77. The van der Waals surface area contributed by atoms with E-state index in [0.717, 1.165) is 23.0 Å². The topological polar surface area (TPSA) is 200 Å². The van der Waals surface area contributed by atoms with Crippen LogP contribution in [0.1, 0.15) is 42.3 Å². The molecule has 1 aliphatic carbocycles. The van der Waals surface area contributed by atoms with Crippen LogP contribution >= 0.6 is 0 Å². The summed E-state index contributed by atoms with van der Waals surface area (Å²) in [4.78, 5) is 30.2. The Morgan fingerprint density at radius 1 is 1.24 bits per heavy atom. The van der Waals surface area contributed by atoms with Crippen molar-refractivity contribution < 1.29 is 34.8 Å². The van der Waals surface area contributed by atoms with Gasteiger partial charge in [-0.25, -0.2) is 9.59 Å². The van der Waals surface area contributed by atoms with Crippen molar-refractivity contribution >= 4 is 23.3 Å². The van der Waals surface area contributed by atoms with E-state index in [9.17, 15) is 35.5 Å². The van der Waals surface area contributed by atoms with Crippen LogP contribution in [0.3, 0.4) is 0 Å². The van der Waals surface area contributed by atoms with Crippen molar-refractivity contribution in [2.45, 2.75) is 62.6 Å². The highest BCUT2D eigenvalue weighted by atomic mass is 16.5. The van der Waals surface area contributed by atoms with Crippen LogP contribution in [0.15, 0.2) is 54.2 Å². The molecule has 0 aliphatic heterocycles. The lowest BCUT2D eigenvalue weighted by Gasteiger charge is -2.48. The summed E-state index contributed by atoms with van der Waals surface area (Å²) in [6.07, 6.45) is -1.61. The number of phenols is 1. The van der Waals surface area contributed by atoms with E-state index in [2.05, 4.69) is 27.2 Å². The number of phenolic OH excluding ortho intramolecular Hbond substituents is 1. The Labute approximate surface area is 244 Å². The second-order valence-electron chi connectivity index (χ2n) is 11.0. The van der Waals surface area contributed by atoms with E-state index in [-0.39, 0.29) is 11.3 Å². The first-order chi connectivity index (χ1) is 19.5. The molecule has 0 radical (unpaired) electrons. The van der Waals surface area contributed by atoms with Gasteiger partial charge in [0.2, 0.25) is 0 Å². The Bertz CT molecular complexity index is 1400. The maximum absolute atomic E-state index is 13.1. The number of benzene rings is 2. The number of nitrogens with one attached hydrogen (secondary N) is 2. The van der Waals surface area contributed by atoms with Gasteiger partial charge in [0.05, 0.1) is 18.2 Å². The molecule has 2 aromatic rings. The molecular formula is C29H38N6O7. The van der Waals surface area contributed by atoms with Crippen molar-refractivity contribution in [3.05, 3.63) is 76.2 Å². The normalized spacial score (nSPS) is 27.4. The van der Waals surface area contributed by atoms with Crippen molar-refractivity contribution in [3.63, 3.8) is 0 Å². The van der Waals surface area contributed by atoms with Crippen LogP contribution in [0, 0.1) is 6.92 Å². The standard InChI is InChI=1S/C29H38N6O7/c1-16(2)19-11-9-12-20(14-19)31-23-24(33-34-30)29(18(4)36,32-26(39)35(6)7)27(5,40)28(23,41)15-42-25(38)22-17(3)10-8-13-21(22)37/h8-14,18,23-24,31,36-37,40-41H,1,15H2,2-7H3,(H,32,39)/t18-,23-,24-,27-,28+,29-/m0/s1. The summed E-state index contributed by atoms with van der Waals surface area (Å²) in [5.74, 6) is -1.34. The number of ether oxygens (including phenoxy) is 1. The summed E-state index contributed by atoms with van der Waals surface area (Å²) >= 11 is 0. The first kappa shape index (κ1) is 32.2. The molecule has 6 atom stereocenters. The number of aliphatic hydroxyl groups is 3. The lowest BCUT2D eigenvalue weighted by atomic mass is 9.73. The number of azide groups is 1. The smallest absolute Gasteiger partial charge is 0.342 e. The third kappa shape index (κ3) is 5.35. The molecule has 2 aromatic carbocycles. The molecule has 0 saturated heterocycles. The summed E-state index contributed by atoms with van der Waals surface area (Å²) in [6.45, 7) is 8.85. The SMILES string of the molecule is C=C(C)c1cccc(N[C@H]2[C@H](N=[N+]=[N-])[C@@](NC(=O)N(C)C)([C@H](C)O)[C@@](C)(O)[C@@]2(O)COC(=O)c2c(C)cccc2O)c1. The molecule has 2 amide bonds. The van der Waals surface area contributed by atoms with Gasteiger partial charge in [0.15, 0.2) is 0 Å². The molecule has 3 rings (SSSR count). The molecule has 0 bridgehead atoms. The van der Waals surface area contributed by atoms with Gasteiger partial charge in [0.1, 0.15) is 34.7 Å². The van der Waals surface area contributed by atoms with Crippen LogP contribution in [0.25, 0.3) is 16.0 Å². The fraction of sp³-hybridized carbons (Fsp3) is 0.448. The number of esters is 1. The molecule has 226 valence electrons. The van der Waals surface area contributed by atoms with Gasteiger partial charge in [-0.05, 0) is 62.6 Å². The van der Waals surface area contributed by atoms with Crippen LogP contribution in [0.4, 0.5) is 10.5 Å². The second-order valence-corrected chi connectivity index (χ2v) is 11.0. The zero-order valence-corrected chi connectivity index (χ0v) is 24.5. The molecule has 0 heterocycles.